The Balaban J connectivity index is 0.901. The molecule has 11 heterocycles. The van der Waals surface area contributed by atoms with E-state index < -0.39 is 71.0 Å². The van der Waals surface area contributed by atoms with E-state index in [1.807, 2.05) is 44.4 Å². The van der Waals surface area contributed by atoms with Crippen LogP contribution in [0.1, 0.15) is 134 Å². The fourth-order valence-corrected chi connectivity index (χ4v) is 20.3. The van der Waals surface area contributed by atoms with Crippen LogP contribution in [0.4, 0.5) is 14.4 Å². The number of rotatable bonds is 16. The number of aliphatic hydroxyl groups excluding tert-OH is 1. The lowest BCUT2D eigenvalue weighted by atomic mass is 9.71. The second-order valence-corrected chi connectivity index (χ2v) is 29.5. The number of nitrogens with one attached hydrogen (secondary N) is 5. The summed E-state index contributed by atoms with van der Waals surface area (Å²) in [5.74, 6) is 3.03. The number of hydrogen-bond donors (Lipinski definition) is 6. The van der Waals surface area contributed by atoms with Crippen LogP contribution in [0.25, 0.3) is 0 Å². The molecule has 14 rings (SSSR count). The number of hydrogen-bond acceptors (Lipinski definition) is 22. The van der Waals surface area contributed by atoms with Gasteiger partial charge in [0.1, 0.15) is 24.0 Å². The Hall–Kier alpha value is -6.21. The number of unbranched alkanes of at least 4 members (excludes halogenated alkanes) is 2. The largest absolute Gasteiger partial charge is 0.514 e. The predicted octanol–water partition coefficient (Wildman–Crippen LogP) is 7.02. The third-order valence-electron chi connectivity index (χ3n) is 19.4. The van der Waals surface area contributed by atoms with E-state index in [9.17, 15) is 29.5 Å². The van der Waals surface area contributed by atoms with Gasteiger partial charge in [0.15, 0.2) is 46.3 Å². The Bertz CT molecular complexity index is 3400. The number of aliphatic hydroxyl groups is 1. The first kappa shape index (κ1) is 61.6. The van der Waals surface area contributed by atoms with Gasteiger partial charge in [0.2, 0.25) is 6.79 Å². The average Bonchev–Trinajstić information content (AvgIpc) is 1.53. The molecule has 0 aliphatic carbocycles. The highest BCUT2D eigenvalue weighted by Crippen LogP contribution is 2.65. The lowest BCUT2D eigenvalue weighted by Crippen LogP contribution is -2.69. The molecular weight excluding hydrogens is 1200 g/mol. The molecule has 89 heavy (non-hydrogen) atoms. The van der Waals surface area contributed by atoms with Gasteiger partial charge >= 0.3 is 30.2 Å². The molecule has 4 amide bonds. The van der Waals surface area contributed by atoms with Gasteiger partial charge < -0.3 is 69.0 Å². The van der Waals surface area contributed by atoms with Crippen LogP contribution in [0, 0.1) is 25.2 Å². The predicted molar refractivity (Wildman–Crippen MR) is 330 cm³/mol. The molecule has 0 radical (unpaired) electrons. The SMILES string of the molecule is COc1cc2c(cc1OC(=O)OC(C)(C)C)CCN[C@]21CS[C@@H]2c3c(OC(O)CCCCC4SCC5NC(=O)NC54)c(C)c4c(c3[C@H](COC1=O)N1C2[C@@H]2c3c(cc(C)c(OC)c3OC(=O)CCCCC3SCC5NC(=O)NC53)CC([C@@H]1C#N)N2C)OCO4. The van der Waals surface area contributed by atoms with Crippen molar-refractivity contribution in [3.05, 3.63) is 62.7 Å². The number of thioether (sulfide) groups is 3. The number of ether oxygens (including phenoxy) is 9. The molecule has 26 heteroatoms. The zero-order chi connectivity index (χ0) is 62.4. The molecule has 11 aliphatic rings. The summed E-state index contributed by atoms with van der Waals surface area (Å²) in [6, 6.07) is 4.94. The van der Waals surface area contributed by atoms with E-state index in [0.717, 1.165) is 59.4 Å². The lowest BCUT2D eigenvalue weighted by molar-refractivity contribution is -0.157. The van der Waals surface area contributed by atoms with E-state index in [4.69, 9.17) is 42.6 Å². The highest BCUT2D eigenvalue weighted by molar-refractivity contribution is 8.00. The van der Waals surface area contributed by atoms with Gasteiger partial charge in [-0.2, -0.15) is 28.8 Å². The zero-order valence-electron chi connectivity index (χ0n) is 51.3. The minimum Gasteiger partial charge on any atom is -0.493 e. The summed E-state index contributed by atoms with van der Waals surface area (Å²) in [7, 11) is 5.05. The Morgan fingerprint density at radius 3 is 2.22 bits per heavy atom. The standard InChI is InChI=1S/C63H78N8O15S3/c1-29-19-32-20-36-37(23-64)71-38-24-80-58(74)63(33-22-39(78-7)40(21-31(33)17-18-65-63)83-61(77)86-62(3,4)5)27-89-57(47-46(38)55-54(81-28-82-55)30(2)53(47)84-43(72)15-11-9-13-41-48-34(25-87-41)66-59(75)68-48)51(71)50(70(36)6)45(32)56(52(29)79-8)85-44(73)16-12-10-14-42-49-35(26-88-42)67-60(76)69-49/h19,21-22,34-38,41-43,48-51,57,65,72H,9-18,20,24-28H2,1-8H3,(H2,66,68,75)(H2,67,69,76)/t34?,35?,36?,37-,38-,41?,42?,43?,48?,49?,50-,51?,57+,63+/m0/s1. The maximum absolute atomic E-state index is 15.6. The maximum atomic E-state index is 15.6. The highest BCUT2D eigenvalue weighted by Gasteiger charge is 2.62. The van der Waals surface area contributed by atoms with E-state index in [-0.39, 0.29) is 83.8 Å². The molecule has 11 aliphatic heterocycles. The fourth-order valence-electron chi connectivity index (χ4n) is 15.5. The maximum Gasteiger partial charge on any atom is 0.514 e. The number of piperazine rings is 1. The molecule has 478 valence electrons. The van der Waals surface area contributed by atoms with E-state index in [1.54, 1.807) is 40.0 Å². The Morgan fingerprint density at radius 1 is 0.831 bits per heavy atom. The van der Waals surface area contributed by atoms with Crippen LogP contribution < -0.4 is 59.7 Å². The minimum atomic E-state index is -1.53. The Labute approximate surface area is 530 Å². The van der Waals surface area contributed by atoms with Crippen molar-refractivity contribution in [2.45, 2.75) is 186 Å². The summed E-state index contributed by atoms with van der Waals surface area (Å²) in [4.78, 5) is 72.0. The van der Waals surface area contributed by atoms with Crippen LogP contribution in [-0.4, -0.2) is 168 Å². The summed E-state index contributed by atoms with van der Waals surface area (Å²) >= 11 is 5.16. The third kappa shape index (κ3) is 11.1. The first-order valence-corrected chi connectivity index (χ1v) is 34.1. The van der Waals surface area contributed by atoms with Gasteiger partial charge in [-0.15, -0.1) is 11.8 Å². The second-order valence-electron chi connectivity index (χ2n) is 25.8. The van der Waals surface area contributed by atoms with Crippen LogP contribution in [0.15, 0.2) is 18.2 Å². The minimum absolute atomic E-state index is 0.0481. The number of esters is 2. The summed E-state index contributed by atoms with van der Waals surface area (Å²) in [5.41, 5.74) is 3.26. The number of nitriles is 1. The molecule has 4 bridgehead atoms. The number of urea groups is 2. The quantitative estimate of drug-likeness (QED) is 0.0210. The zero-order valence-corrected chi connectivity index (χ0v) is 53.7. The molecule has 6 saturated heterocycles. The smallest absolute Gasteiger partial charge is 0.493 e. The lowest BCUT2D eigenvalue weighted by Gasteiger charge is -2.62. The van der Waals surface area contributed by atoms with Crippen molar-refractivity contribution < 1.29 is 71.7 Å². The van der Waals surface area contributed by atoms with Gasteiger partial charge in [0, 0.05) is 81.5 Å². The highest BCUT2D eigenvalue weighted by atomic mass is 32.2. The second kappa shape index (κ2) is 24.4. The molecule has 6 fully saturated rings. The molecule has 6 N–H and O–H groups in total. The molecule has 23 nitrogen and oxygen atoms in total. The molecule has 3 aromatic carbocycles. The van der Waals surface area contributed by atoms with Gasteiger partial charge in [-0.25, -0.2) is 19.2 Å². The number of methoxy groups -OCH3 is 2. The molecule has 14 atom stereocenters. The van der Waals surface area contributed by atoms with E-state index >= 15 is 4.79 Å². The van der Waals surface area contributed by atoms with Crippen LogP contribution in [0.5, 0.6) is 40.2 Å². The van der Waals surface area contributed by atoms with Gasteiger partial charge in [0.05, 0.1) is 61.8 Å². The fraction of sp³-hybridized carbons (Fsp3) is 0.619. The Morgan fingerprint density at radius 2 is 1.54 bits per heavy atom. The average molecular weight is 1280 g/mol. The van der Waals surface area contributed by atoms with Crippen LogP contribution in [0.2, 0.25) is 0 Å². The number of carbonyl (C=O) groups is 5. The van der Waals surface area contributed by atoms with Gasteiger partial charge in [-0.05, 0) is 115 Å². The van der Waals surface area contributed by atoms with Crippen molar-refractivity contribution >= 4 is 65.4 Å². The Kier molecular flexibility index (Phi) is 16.9. The van der Waals surface area contributed by atoms with Gasteiger partial charge in [-0.1, -0.05) is 18.9 Å². The molecular formula is C63H78N8O15S3. The third-order valence-corrected chi connectivity index (χ3v) is 23.9. The van der Waals surface area contributed by atoms with Crippen molar-refractivity contribution in [3.63, 3.8) is 0 Å². The van der Waals surface area contributed by atoms with E-state index in [1.165, 1.54) is 18.9 Å². The van der Waals surface area contributed by atoms with Crippen LogP contribution >= 0.6 is 35.3 Å². The van der Waals surface area contributed by atoms with Gasteiger partial charge in [0.25, 0.3) is 0 Å². The molecule has 0 aromatic heterocycles. The first-order valence-electron chi connectivity index (χ1n) is 30.9. The molecule has 1 spiro atoms. The number of benzene rings is 3. The van der Waals surface area contributed by atoms with Crippen LogP contribution in [0.3, 0.4) is 0 Å². The monoisotopic (exact) mass is 1280 g/mol. The number of nitrogens with zero attached hydrogens (tertiary/aromatic N) is 3. The summed E-state index contributed by atoms with van der Waals surface area (Å²) in [6.07, 6.45) is 3.51. The number of fused-ring (bicyclic) bond motifs is 11. The number of likely N-dealkylation sites (N-methyl/N-ethyl adjacent to an activating group) is 1. The van der Waals surface area contributed by atoms with Gasteiger partial charge in [-0.3, -0.25) is 19.9 Å². The summed E-state index contributed by atoms with van der Waals surface area (Å²) < 4.78 is 56.7. The van der Waals surface area contributed by atoms with Crippen molar-refractivity contribution in [3.8, 4) is 46.3 Å². The molecule has 0 saturated carbocycles. The van der Waals surface area contributed by atoms with E-state index in [2.05, 4.69) is 48.5 Å². The first-order chi connectivity index (χ1) is 42.8. The molecule has 3 aromatic rings. The normalized spacial score (nSPS) is 30.6. The topological polar surface area (TPSA) is 279 Å². The van der Waals surface area contributed by atoms with Crippen molar-refractivity contribution in [1.82, 2.24) is 36.4 Å². The van der Waals surface area contributed by atoms with Crippen LogP contribution in [-0.2, 0) is 37.4 Å². The number of aryl methyl sites for hydroxylation is 1. The van der Waals surface area contributed by atoms with Crippen molar-refractivity contribution in [2.75, 3.05) is 58.5 Å². The number of carbonyl (C=O) groups excluding carboxylic acids is 5. The molecule has 9 unspecified atom stereocenters. The number of amides is 4. The van der Waals surface area contributed by atoms with E-state index in [0.29, 0.717) is 89.7 Å². The van der Waals surface area contributed by atoms with Crippen molar-refractivity contribution in [2.24, 2.45) is 0 Å². The summed E-state index contributed by atoms with van der Waals surface area (Å²) in [5, 5.41) is 39.5. The van der Waals surface area contributed by atoms with Crippen molar-refractivity contribution in [1.29, 1.82) is 5.26 Å². The summed E-state index contributed by atoms with van der Waals surface area (Å²) in [6.45, 7) is 9.02.